The smallest absolute Gasteiger partial charge is 0.410 e. The molecule has 20 heteroatoms. The Morgan fingerprint density at radius 2 is 1.52 bits per heavy atom. The van der Waals surface area contributed by atoms with Crippen LogP contribution in [0, 0.1) is 33.8 Å². The Kier molecular flexibility index (Phi) is 23.1. The van der Waals surface area contributed by atoms with E-state index in [-0.39, 0.29) is 55.0 Å². The Balaban J connectivity index is 2.33. The first kappa shape index (κ1) is 58.2. The Hall–Kier alpha value is -4.92. The first-order valence-corrected chi connectivity index (χ1v) is 23.3. The van der Waals surface area contributed by atoms with E-state index in [0.29, 0.717) is 31.4 Å². The minimum absolute atomic E-state index is 0.0859. The van der Waals surface area contributed by atoms with Crippen molar-refractivity contribution in [1.29, 1.82) is 0 Å². The lowest BCUT2D eigenvalue weighted by atomic mass is 9.89. The van der Waals surface area contributed by atoms with E-state index in [2.05, 4.69) is 16.0 Å². The number of carbonyl (C=O) groups excluding carboxylic acids is 6. The van der Waals surface area contributed by atoms with Crippen LogP contribution >= 0.6 is 0 Å². The van der Waals surface area contributed by atoms with Crippen molar-refractivity contribution < 1.29 is 52.6 Å². The second-order valence-corrected chi connectivity index (χ2v) is 19.3. The third-order valence-electron chi connectivity index (χ3n) is 12.5. The Morgan fingerprint density at radius 3 is 2.01 bits per heavy atom. The van der Waals surface area contributed by atoms with E-state index in [4.69, 9.17) is 24.7 Å². The molecule has 1 aliphatic heterocycles. The van der Waals surface area contributed by atoms with Crippen LogP contribution in [0.3, 0.4) is 0 Å². The molecule has 0 aliphatic carbocycles. The molecule has 10 atom stereocenters. The van der Waals surface area contributed by atoms with Gasteiger partial charge in [-0.05, 0) is 76.0 Å². The molecule has 67 heavy (non-hydrogen) atoms. The molecule has 1 saturated heterocycles. The van der Waals surface area contributed by atoms with E-state index in [1.165, 1.54) is 50.4 Å². The molecular weight excluding hydrogens is 869 g/mol. The van der Waals surface area contributed by atoms with Crippen LogP contribution in [-0.4, -0.2) is 151 Å². The molecule has 380 valence electrons. The van der Waals surface area contributed by atoms with Crippen molar-refractivity contribution in [3.63, 3.8) is 0 Å². The quantitative estimate of drug-likeness (QED) is 0.0612. The molecule has 1 fully saturated rings. The van der Waals surface area contributed by atoms with Gasteiger partial charge in [-0.3, -0.25) is 39.0 Å². The van der Waals surface area contributed by atoms with Gasteiger partial charge in [0.1, 0.15) is 30.5 Å². The van der Waals surface area contributed by atoms with E-state index >= 15 is 0 Å². The van der Waals surface area contributed by atoms with E-state index in [1.807, 2.05) is 41.5 Å². The van der Waals surface area contributed by atoms with Crippen LogP contribution in [0.4, 0.5) is 10.5 Å². The van der Waals surface area contributed by atoms with Crippen molar-refractivity contribution in [1.82, 2.24) is 30.7 Å². The number of benzene rings is 1. The molecule has 0 unspecified atom stereocenters. The number of likely N-dealkylation sites (tertiary alicyclic amines) is 1. The summed E-state index contributed by atoms with van der Waals surface area (Å²) in [5.74, 6) is -3.53. The van der Waals surface area contributed by atoms with Gasteiger partial charge in [0.15, 0.2) is 0 Å². The summed E-state index contributed by atoms with van der Waals surface area (Å²) >= 11 is 0. The second kappa shape index (κ2) is 26.6. The maximum Gasteiger partial charge on any atom is 0.410 e. The van der Waals surface area contributed by atoms with Gasteiger partial charge in [-0.15, -0.1) is 0 Å². The summed E-state index contributed by atoms with van der Waals surface area (Å²) in [6.45, 7) is 19.8. The molecule has 0 radical (unpaired) electrons. The van der Waals surface area contributed by atoms with E-state index in [9.17, 15) is 38.9 Å². The number of methoxy groups -OCH3 is 2. The van der Waals surface area contributed by atoms with Crippen LogP contribution in [0.2, 0.25) is 0 Å². The number of ether oxygens (including phenoxy) is 4. The monoisotopic (exact) mass is 949 g/mol. The lowest BCUT2D eigenvalue weighted by Crippen LogP contribution is -2.60. The first-order chi connectivity index (χ1) is 31.3. The number of nitrogens with zero attached hydrogens (tertiary/aromatic N) is 4. The van der Waals surface area contributed by atoms with Gasteiger partial charge in [0.2, 0.25) is 29.5 Å². The molecule has 1 aromatic carbocycles. The fourth-order valence-electron chi connectivity index (χ4n) is 8.68. The van der Waals surface area contributed by atoms with Crippen molar-refractivity contribution in [3.05, 3.63) is 39.9 Å². The SMILES string of the molecule is CC[C@H](C)[C@@H]([C@@H](CC(=O)N1CCC[C@H]1[C@H](OC)[C@@H](C)C(=O)N[C@H](C)[C@@H](OCNC(=O)CN)c1ccc([N+](=O)[O-])cc1)OC)N(C)C(=O)[C@@H](NC(=O)[C@H](C(C)C)N(C)C(=O)OC(C)(C)C)C(C)C. The molecule has 0 saturated carbocycles. The van der Waals surface area contributed by atoms with E-state index < -0.39 is 88.8 Å². The number of non-ortho nitro benzene ring substituents is 1. The lowest BCUT2D eigenvalue weighted by Gasteiger charge is -2.41. The highest BCUT2D eigenvalue weighted by Gasteiger charge is 2.44. The number of carbonyl (C=O) groups is 6. The van der Waals surface area contributed by atoms with Crippen molar-refractivity contribution in [3.8, 4) is 0 Å². The molecule has 6 amide bonds. The summed E-state index contributed by atoms with van der Waals surface area (Å²) in [6.07, 6.45) is -1.19. The zero-order chi connectivity index (χ0) is 51.1. The van der Waals surface area contributed by atoms with E-state index in [1.54, 1.807) is 51.5 Å². The third-order valence-corrected chi connectivity index (χ3v) is 12.5. The Labute approximate surface area is 397 Å². The zero-order valence-corrected chi connectivity index (χ0v) is 42.5. The van der Waals surface area contributed by atoms with Gasteiger partial charge in [0.05, 0.1) is 54.1 Å². The minimum atomic E-state index is -0.973. The summed E-state index contributed by atoms with van der Waals surface area (Å²) in [5.41, 5.74) is 5.03. The third kappa shape index (κ3) is 16.4. The molecule has 0 spiro atoms. The van der Waals surface area contributed by atoms with Gasteiger partial charge in [-0.1, -0.05) is 54.9 Å². The molecule has 1 aliphatic rings. The highest BCUT2D eigenvalue weighted by molar-refractivity contribution is 5.92. The van der Waals surface area contributed by atoms with Crippen molar-refractivity contribution in [2.45, 2.75) is 156 Å². The Morgan fingerprint density at radius 1 is 0.910 bits per heavy atom. The fraction of sp³-hybridized carbons (Fsp3) is 0.745. The van der Waals surface area contributed by atoms with Crippen LogP contribution in [0.15, 0.2) is 24.3 Å². The van der Waals surface area contributed by atoms with Crippen LogP contribution in [0.1, 0.15) is 114 Å². The number of nitrogens with two attached hydrogens (primary N) is 1. The molecule has 1 aromatic rings. The number of nitro groups is 1. The van der Waals surface area contributed by atoms with Gasteiger partial charge < -0.3 is 50.4 Å². The molecule has 1 heterocycles. The van der Waals surface area contributed by atoms with Gasteiger partial charge in [-0.2, -0.15) is 0 Å². The highest BCUT2D eigenvalue weighted by Crippen LogP contribution is 2.31. The van der Waals surface area contributed by atoms with Gasteiger partial charge in [-0.25, -0.2) is 4.79 Å². The molecule has 2 rings (SSSR count). The van der Waals surface area contributed by atoms with Crippen molar-refractivity contribution >= 4 is 41.3 Å². The molecule has 0 aromatic heterocycles. The number of amides is 6. The van der Waals surface area contributed by atoms with Crippen LogP contribution in [0.5, 0.6) is 0 Å². The highest BCUT2D eigenvalue weighted by atomic mass is 16.6. The summed E-state index contributed by atoms with van der Waals surface area (Å²) in [5, 5.41) is 19.8. The zero-order valence-electron chi connectivity index (χ0n) is 42.5. The standard InChI is InChI=1S/C47H80N8O12/c1-16-29(6)40(52(12)45(60)38(27(2)3)51-44(59)39(28(4)5)53(13)46(61)67-47(9,10)11)35(64-14)24-37(57)54-23-17-18-34(54)41(65-15)30(7)43(58)50-31(8)42(66-26-49-36(56)25-48)32-19-21-33(22-20-32)55(62)63/h19-22,27-31,34-35,38-42H,16-18,23-26,48H2,1-15H3,(H,49,56)(H,50,58)(H,51,59)/t29-,30+,31+,34-,35+,38-,39-,40-,41+,42+/m0/s1. The average Bonchev–Trinajstić information content (AvgIpc) is 3.75. The number of likely N-dealkylation sites (N-methyl/N-ethyl adjacent to an activating group) is 2. The number of rotatable bonds is 25. The normalized spacial score (nSPS) is 18.1. The minimum Gasteiger partial charge on any atom is -0.444 e. The number of nitro benzene ring substituents is 1. The first-order valence-electron chi connectivity index (χ1n) is 23.3. The number of hydrogen-bond donors (Lipinski definition) is 4. The van der Waals surface area contributed by atoms with Gasteiger partial charge >= 0.3 is 6.09 Å². The molecule has 0 bridgehead atoms. The maximum atomic E-state index is 14.5. The van der Waals surface area contributed by atoms with Gasteiger partial charge in [0, 0.05) is 47.0 Å². The average molecular weight is 949 g/mol. The van der Waals surface area contributed by atoms with Crippen molar-refractivity contribution in [2.24, 2.45) is 29.4 Å². The number of hydrogen-bond acceptors (Lipinski definition) is 13. The van der Waals surface area contributed by atoms with Crippen LogP contribution in [-0.2, 0) is 42.9 Å². The second-order valence-electron chi connectivity index (χ2n) is 19.3. The summed E-state index contributed by atoms with van der Waals surface area (Å²) < 4.78 is 23.5. The van der Waals surface area contributed by atoms with Gasteiger partial charge in [0.25, 0.3) is 5.69 Å². The molecular formula is C47H80N8O12. The van der Waals surface area contributed by atoms with Crippen molar-refractivity contribution in [2.75, 3.05) is 48.1 Å². The van der Waals surface area contributed by atoms with Crippen LogP contribution < -0.4 is 21.7 Å². The summed E-state index contributed by atoms with van der Waals surface area (Å²) in [4.78, 5) is 97.0. The fourth-order valence-corrected chi connectivity index (χ4v) is 8.68. The van der Waals surface area contributed by atoms with E-state index in [0.717, 1.165) is 0 Å². The number of nitrogens with one attached hydrogen (secondary N) is 3. The topological polar surface area (TPSA) is 254 Å². The Bertz CT molecular complexity index is 1810. The molecule has 20 nitrogen and oxygen atoms in total. The maximum absolute atomic E-state index is 14.5. The molecule has 5 N–H and O–H groups in total. The summed E-state index contributed by atoms with van der Waals surface area (Å²) in [6, 6.07) is 2.03. The van der Waals surface area contributed by atoms with Crippen LogP contribution in [0.25, 0.3) is 0 Å². The predicted molar refractivity (Wildman–Crippen MR) is 252 cm³/mol. The summed E-state index contributed by atoms with van der Waals surface area (Å²) in [7, 11) is 6.14. The lowest BCUT2D eigenvalue weighted by molar-refractivity contribution is -0.384. The largest absolute Gasteiger partial charge is 0.444 e. The predicted octanol–water partition coefficient (Wildman–Crippen LogP) is 4.14.